The Kier molecular flexibility index (Phi) is 18.1. The Morgan fingerprint density at radius 3 is 1.08 bits per heavy atom. The number of piperidine rings is 1. The van der Waals surface area contributed by atoms with Crippen LogP contribution >= 0.6 is 11.6 Å². The van der Waals surface area contributed by atoms with Gasteiger partial charge in [-0.15, -0.1) is 0 Å². The van der Waals surface area contributed by atoms with Crippen LogP contribution in [0.15, 0.2) is 38.0 Å². The maximum atomic E-state index is 11.4. The first-order valence-electron chi connectivity index (χ1n) is 13.2. The maximum Gasteiger partial charge on any atom is 0.246 e. The Balaban J connectivity index is 0.000000490. The van der Waals surface area contributed by atoms with Gasteiger partial charge in [-0.25, -0.2) is 0 Å². The summed E-state index contributed by atoms with van der Waals surface area (Å²) in [6.07, 6.45) is 5.23. The minimum Gasteiger partial charge on any atom is -0.331 e. The van der Waals surface area contributed by atoms with Crippen LogP contribution in [0.25, 0.3) is 0 Å². The van der Waals surface area contributed by atoms with Crippen LogP contribution in [0.2, 0.25) is 0 Å². The highest BCUT2D eigenvalue weighted by molar-refractivity contribution is 6.66. The van der Waals surface area contributed by atoms with Gasteiger partial charge in [0, 0.05) is 50.3 Å². The molecule has 0 spiro atoms. The molecule has 3 saturated heterocycles. The molecule has 3 rings (SSSR count). The summed E-state index contributed by atoms with van der Waals surface area (Å²) in [4.78, 5) is 36.0. The number of nitrogens with zero attached hydrogens (tertiary/aromatic N) is 2. The topological polar surface area (TPSA) is 93.8 Å². The van der Waals surface area contributed by atoms with Gasteiger partial charge in [0.2, 0.25) is 17.1 Å². The summed E-state index contributed by atoms with van der Waals surface area (Å²) in [5.41, 5.74) is 0. The predicted octanol–water partition coefficient (Wildman–Crippen LogP) is 2.95. The van der Waals surface area contributed by atoms with Crippen molar-refractivity contribution in [1.82, 2.24) is 25.8 Å². The van der Waals surface area contributed by atoms with Gasteiger partial charge >= 0.3 is 0 Å². The summed E-state index contributed by atoms with van der Waals surface area (Å²) >= 11 is 4.71. The molecule has 9 heteroatoms. The average Bonchev–Trinajstić information content (AvgIpc) is 2.84. The lowest BCUT2D eigenvalue weighted by atomic mass is 9.94. The van der Waals surface area contributed by atoms with E-state index < -0.39 is 5.24 Å². The Hall–Kier alpha value is -2.00. The first-order chi connectivity index (χ1) is 17.4. The van der Waals surface area contributed by atoms with Crippen LogP contribution in [0, 0.1) is 11.8 Å². The lowest BCUT2D eigenvalue weighted by Crippen LogP contribution is -2.56. The first-order valence-corrected chi connectivity index (χ1v) is 13.6. The molecule has 0 radical (unpaired) electrons. The molecule has 8 nitrogen and oxygen atoms in total. The molecule has 3 heterocycles. The Labute approximate surface area is 229 Å². The number of carbonyl (C=O) groups excluding carboxylic acids is 3. The second-order valence-electron chi connectivity index (χ2n) is 10.2. The van der Waals surface area contributed by atoms with Crippen LogP contribution in [0.3, 0.4) is 0 Å². The summed E-state index contributed by atoms with van der Waals surface area (Å²) in [5, 5.41) is 9.41. The normalized spacial score (nSPS) is 28.9. The number of halogens is 1. The monoisotopic (exact) mass is 539 g/mol. The minimum absolute atomic E-state index is 0.0384. The Bertz CT molecular complexity index is 677. The summed E-state index contributed by atoms with van der Waals surface area (Å²) in [6.45, 7) is 28.8. The highest BCUT2D eigenvalue weighted by atomic mass is 35.5. The number of rotatable bonds is 3. The van der Waals surface area contributed by atoms with E-state index in [-0.39, 0.29) is 36.0 Å². The number of hydrogen-bond acceptors (Lipinski definition) is 6. The highest BCUT2D eigenvalue weighted by Crippen LogP contribution is 2.14. The molecule has 3 fully saturated rings. The van der Waals surface area contributed by atoms with Crippen LogP contribution in [-0.4, -0.2) is 90.3 Å². The van der Waals surface area contributed by atoms with Gasteiger partial charge in [0.25, 0.3) is 0 Å². The van der Waals surface area contributed by atoms with Gasteiger partial charge in [-0.3, -0.25) is 14.4 Å². The molecule has 0 aromatic carbocycles. The second-order valence-corrected chi connectivity index (χ2v) is 10.6. The first kappa shape index (κ1) is 35.0. The molecule has 2 amide bonds. The summed E-state index contributed by atoms with van der Waals surface area (Å²) in [5.74, 6) is 1.88. The van der Waals surface area contributed by atoms with Crippen molar-refractivity contribution < 1.29 is 14.4 Å². The molecule has 0 aromatic heterocycles. The number of nitrogens with one attached hydrogen (secondary N) is 3. The van der Waals surface area contributed by atoms with Gasteiger partial charge in [0.05, 0.1) is 0 Å². The van der Waals surface area contributed by atoms with E-state index in [9.17, 15) is 14.4 Å². The van der Waals surface area contributed by atoms with Crippen molar-refractivity contribution in [2.24, 2.45) is 11.8 Å². The molecule has 0 aliphatic carbocycles. The van der Waals surface area contributed by atoms with E-state index in [1.807, 2.05) is 37.5 Å². The fourth-order valence-corrected chi connectivity index (χ4v) is 4.77. The van der Waals surface area contributed by atoms with Crippen molar-refractivity contribution >= 4 is 28.7 Å². The Morgan fingerprint density at radius 1 is 0.622 bits per heavy atom. The van der Waals surface area contributed by atoms with E-state index in [0.717, 1.165) is 44.1 Å². The van der Waals surface area contributed by atoms with Crippen molar-refractivity contribution in [2.75, 3.05) is 39.3 Å². The quantitative estimate of drug-likeness (QED) is 0.377. The standard InChI is InChI=1S/2C9H16N2O.C7H15N.C3H3ClO/c2*1-4-9(12)11-7(2)5-10-6-8(11)3;1-6-3-7(2)5-8-4-6;1-2-3(4)5/h2*4,7-8,10H,1,5-6H2,2-3H3;6-8H,3-5H2,1-2H3;2H,1H2/t2*7-,8+;6-,7+;. The molecule has 0 bridgehead atoms. The van der Waals surface area contributed by atoms with Crippen molar-refractivity contribution in [3.8, 4) is 0 Å². The summed E-state index contributed by atoms with van der Waals surface area (Å²) in [7, 11) is 0. The zero-order chi connectivity index (χ0) is 28.5. The fraction of sp³-hybridized carbons (Fsp3) is 0.679. The van der Waals surface area contributed by atoms with E-state index in [4.69, 9.17) is 11.6 Å². The fourth-order valence-electron chi connectivity index (χ4n) is 4.77. The third-order valence-corrected chi connectivity index (χ3v) is 6.62. The van der Waals surface area contributed by atoms with Gasteiger partial charge in [0.15, 0.2) is 0 Å². The molecule has 3 aliphatic rings. The van der Waals surface area contributed by atoms with Crippen LogP contribution in [-0.2, 0) is 14.4 Å². The van der Waals surface area contributed by atoms with E-state index >= 15 is 0 Å². The van der Waals surface area contributed by atoms with Crippen LogP contribution < -0.4 is 16.0 Å². The lowest BCUT2D eigenvalue weighted by Gasteiger charge is -2.38. The maximum absolute atomic E-state index is 11.4. The van der Waals surface area contributed by atoms with Crippen molar-refractivity contribution in [3.63, 3.8) is 0 Å². The van der Waals surface area contributed by atoms with Crippen LogP contribution in [0.4, 0.5) is 0 Å². The molecule has 6 atom stereocenters. The van der Waals surface area contributed by atoms with Gasteiger partial charge in [0.1, 0.15) is 0 Å². The predicted molar refractivity (Wildman–Crippen MR) is 155 cm³/mol. The van der Waals surface area contributed by atoms with Gasteiger partial charge in [-0.05, 0) is 88.9 Å². The SMILES string of the molecule is C=CC(=O)Cl.C=CC(=O)N1[C@H](C)CNC[C@@H]1C.C=CC(=O)N1[C@H](C)CNC[C@@H]1C.C[C@@H]1CNC[C@H](C)C1. The largest absolute Gasteiger partial charge is 0.331 e. The minimum atomic E-state index is -0.509. The summed E-state index contributed by atoms with van der Waals surface area (Å²) in [6, 6.07) is 1.11. The van der Waals surface area contributed by atoms with Gasteiger partial charge in [-0.1, -0.05) is 33.6 Å². The smallest absolute Gasteiger partial charge is 0.246 e. The summed E-state index contributed by atoms with van der Waals surface area (Å²) < 4.78 is 0. The molecule has 212 valence electrons. The molecule has 37 heavy (non-hydrogen) atoms. The zero-order valence-electron chi connectivity index (χ0n) is 23.8. The van der Waals surface area contributed by atoms with E-state index in [1.165, 1.54) is 31.7 Å². The Morgan fingerprint density at radius 2 is 0.892 bits per heavy atom. The second kappa shape index (κ2) is 19.1. The van der Waals surface area contributed by atoms with Gasteiger partial charge < -0.3 is 25.8 Å². The van der Waals surface area contributed by atoms with Crippen LogP contribution in [0.5, 0.6) is 0 Å². The average molecular weight is 540 g/mol. The molecular formula is C28H50ClN5O3. The molecule has 3 N–H and O–H groups in total. The highest BCUT2D eigenvalue weighted by Gasteiger charge is 2.27. The number of amides is 2. The molecule has 3 aliphatic heterocycles. The van der Waals surface area contributed by atoms with Crippen LogP contribution in [0.1, 0.15) is 48.0 Å². The van der Waals surface area contributed by atoms with Gasteiger partial charge in [-0.2, -0.15) is 0 Å². The van der Waals surface area contributed by atoms with Crippen molar-refractivity contribution in [2.45, 2.75) is 72.1 Å². The van der Waals surface area contributed by atoms with E-state index in [1.54, 1.807) is 0 Å². The number of hydrogen-bond donors (Lipinski definition) is 3. The van der Waals surface area contributed by atoms with E-state index in [0.29, 0.717) is 0 Å². The van der Waals surface area contributed by atoms with Crippen molar-refractivity contribution in [3.05, 3.63) is 38.0 Å². The number of allylic oxidation sites excluding steroid dienone is 1. The zero-order valence-corrected chi connectivity index (χ0v) is 24.5. The third kappa shape index (κ3) is 13.9. The molecule has 0 saturated carbocycles. The van der Waals surface area contributed by atoms with Crippen molar-refractivity contribution in [1.29, 1.82) is 0 Å². The third-order valence-electron chi connectivity index (χ3n) is 6.47. The number of carbonyl (C=O) groups is 3. The lowest BCUT2D eigenvalue weighted by molar-refractivity contribution is -0.132. The van der Waals surface area contributed by atoms with E-state index in [2.05, 4.69) is 49.5 Å². The molecule has 0 unspecified atom stereocenters. The number of piperazine rings is 2. The molecule has 0 aromatic rings. The molecular weight excluding hydrogens is 490 g/mol.